The van der Waals surface area contributed by atoms with Crippen LogP contribution < -0.4 is 10.1 Å². The first kappa shape index (κ1) is 14.5. The van der Waals surface area contributed by atoms with Gasteiger partial charge in [-0.15, -0.1) is 0 Å². The van der Waals surface area contributed by atoms with Gasteiger partial charge in [-0.05, 0) is 37.1 Å². The lowest BCUT2D eigenvalue weighted by Crippen LogP contribution is -2.08. The van der Waals surface area contributed by atoms with Gasteiger partial charge in [0.25, 0.3) is 0 Å². The van der Waals surface area contributed by atoms with Crippen molar-refractivity contribution < 1.29 is 4.74 Å². The van der Waals surface area contributed by atoms with Crippen molar-refractivity contribution in [3.05, 3.63) is 48.3 Å². The van der Waals surface area contributed by atoms with E-state index in [1.807, 2.05) is 18.2 Å². The molecule has 1 heterocycles. The first-order chi connectivity index (χ1) is 9.85. The molecule has 1 aromatic carbocycles. The molecule has 0 bridgehead atoms. The molecular weight excluding hydrogens is 248 g/mol. The van der Waals surface area contributed by atoms with Crippen LogP contribution in [0, 0.1) is 0 Å². The molecule has 0 aliphatic heterocycles. The van der Waals surface area contributed by atoms with Gasteiger partial charge in [0.15, 0.2) is 0 Å². The molecule has 0 aliphatic carbocycles. The third-order valence-corrected chi connectivity index (χ3v) is 3.20. The van der Waals surface area contributed by atoms with E-state index < -0.39 is 0 Å². The summed E-state index contributed by atoms with van der Waals surface area (Å²) < 4.78 is 8.06. The molecule has 108 valence electrons. The SMILES string of the molecule is CCCOc1ccccc1NCc1cccn1CCC. The highest BCUT2D eigenvalue weighted by molar-refractivity contribution is 5.56. The standard InChI is InChI=1S/C17H24N2O/c1-3-11-19-12-7-8-15(19)14-18-16-9-5-6-10-17(16)20-13-4-2/h5-10,12,18H,3-4,11,13-14H2,1-2H3. The minimum absolute atomic E-state index is 0.755. The summed E-state index contributed by atoms with van der Waals surface area (Å²) >= 11 is 0. The largest absolute Gasteiger partial charge is 0.491 e. The highest BCUT2D eigenvalue weighted by Gasteiger charge is 2.04. The Morgan fingerprint density at radius 1 is 1.05 bits per heavy atom. The quantitative estimate of drug-likeness (QED) is 0.775. The van der Waals surface area contributed by atoms with Crippen molar-refractivity contribution in [1.29, 1.82) is 0 Å². The van der Waals surface area contributed by atoms with Crippen LogP contribution in [-0.4, -0.2) is 11.2 Å². The van der Waals surface area contributed by atoms with Crippen LogP contribution in [0.25, 0.3) is 0 Å². The van der Waals surface area contributed by atoms with E-state index in [0.717, 1.165) is 44.0 Å². The fraction of sp³-hybridized carbons (Fsp3) is 0.412. The molecule has 0 saturated heterocycles. The molecule has 3 heteroatoms. The van der Waals surface area contributed by atoms with Crippen LogP contribution in [0.2, 0.25) is 0 Å². The van der Waals surface area contributed by atoms with Crippen molar-refractivity contribution in [2.75, 3.05) is 11.9 Å². The number of aryl methyl sites for hydroxylation is 1. The molecule has 20 heavy (non-hydrogen) atoms. The Balaban J connectivity index is 2.01. The van der Waals surface area contributed by atoms with Crippen LogP contribution in [-0.2, 0) is 13.1 Å². The third kappa shape index (κ3) is 3.80. The van der Waals surface area contributed by atoms with Crippen molar-refractivity contribution in [3.8, 4) is 5.75 Å². The molecule has 0 spiro atoms. The van der Waals surface area contributed by atoms with Gasteiger partial charge in [-0.2, -0.15) is 0 Å². The first-order valence-electron chi connectivity index (χ1n) is 7.44. The Morgan fingerprint density at radius 2 is 1.90 bits per heavy atom. The van der Waals surface area contributed by atoms with E-state index in [0.29, 0.717) is 0 Å². The number of para-hydroxylation sites is 2. The summed E-state index contributed by atoms with van der Waals surface area (Å²) in [7, 11) is 0. The Morgan fingerprint density at radius 3 is 2.70 bits per heavy atom. The van der Waals surface area contributed by atoms with Crippen molar-refractivity contribution in [1.82, 2.24) is 4.57 Å². The number of hydrogen-bond donors (Lipinski definition) is 1. The Labute approximate surface area is 121 Å². The molecule has 3 nitrogen and oxygen atoms in total. The summed E-state index contributed by atoms with van der Waals surface area (Å²) in [6.07, 6.45) is 4.31. The van der Waals surface area contributed by atoms with Gasteiger partial charge in [0.05, 0.1) is 18.8 Å². The van der Waals surface area contributed by atoms with Crippen LogP contribution in [0.1, 0.15) is 32.4 Å². The monoisotopic (exact) mass is 272 g/mol. The fourth-order valence-corrected chi connectivity index (χ4v) is 2.21. The maximum atomic E-state index is 5.76. The highest BCUT2D eigenvalue weighted by Crippen LogP contribution is 2.24. The summed E-state index contributed by atoms with van der Waals surface area (Å²) in [5.41, 5.74) is 2.36. The summed E-state index contributed by atoms with van der Waals surface area (Å²) in [6, 6.07) is 12.4. The van der Waals surface area contributed by atoms with Crippen molar-refractivity contribution in [2.45, 2.75) is 39.8 Å². The van der Waals surface area contributed by atoms with Crippen LogP contribution in [0.4, 0.5) is 5.69 Å². The average Bonchev–Trinajstić information content (AvgIpc) is 2.91. The Hall–Kier alpha value is -1.90. The minimum atomic E-state index is 0.755. The van der Waals surface area contributed by atoms with Crippen LogP contribution >= 0.6 is 0 Å². The van der Waals surface area contributed by atoms with Crippen molar-refractivity contribution >= 4 is 5.69 Å². The average molecular weight is 272 g/mol. The van der Waals surface area contributed by atoms with E-state index in [9.17, 15) is 0 Å². The number of nitrogens with one attached hydrogen (secondary N) is 1. The molecule has 0 atom stereocenters. The number of anilines is 1. The van der Waals surface area contributed by atoms with Crippen molar-refractivity contribution in [3.63, 3.8) is 0 Å². The lowest BCUT2D eigenvalue weighted by Gasteiger charge is -2.14. The molecule has 2 rings (SSSR count). The predicted octanol–water partition coefficient (Wildman–Crippen LogP) is 4.30. The van der Waals surface area contributed by atoms with Crippen LogP contribution in [0.3, 0.4) is 0 Å². The molecule has 0 radical (unpaired) electrons. The van der Waals surface area contributed by atoms with Gasteiger partial charge in [0.1, 0.15) is 5.75 Å². The predicted molar refractivity (Wildman–Crippen MR) is 84.3 cm³/mol. The molecule has 0 saturated carbocycles. The summed E-state index contributed by atoms with van der Waals surface area (Å²) in [6.45, 7) is 6.96. The van der Waals surface area contributed by atoms with Crippen LogP contribution in [0.5, 0.6) is 5.75 Å². The molecule has 1 N–H and O–H groups in total. The summed E-state index contributed by atoms with van der Waals surface area (Å²) in [5, 5.41) is 3.48. The van der Waals surface area contributed by atoms with E-state index in [-0.39, 0.29) is 0 Å². The molecule has 0 unspecified atom stereocenters. The second-order valence-electron chi connectivity index (χ2n) is 4.89. The Kier molecular flexibility index (Phi) is 5.54. The van der Waals surface area contributed by atoms with E-state index in [1.165, 1.54) is 5.69 Å². The van der Waals surface area contributed by atoms with Gasteiger partial charge in [0.2, 0.25) is 0 Å². The zero-order valence-electron chi connectivity index (χ0n) is 12.4. The summed E-state index contributed by atoms with van der Waals surface area (Å²) in [4.78, 5) is 0. The minimum Gasteiger partial charge on any atom is -0.491 e. The molecular formula is C17H24N2O. The zero-order chi connectivity index (χ0) is 14.2. The van der Waals surface area contributed by atoms with Gasteiger partial charge >= 0.3 is 0 Å². The second-order valence-corrected chi connectivity index (χ2v) is 4.89. The fourth-order valence-electron chi connectivity index (χ4n) is 2.21. The van der Waals surface area contributed by atoms with E-state index in [2.05, 4.69) is 48.1 Å². The molecule has 0 aliphatic rings. The maximum Gasteiger partial charge on any atom is 0.142 e. The topological polar surface area (TPSA) is 26.2 Å². The smallest absolute Gasteiger partial charge is 0.142 e. The first-order valence-corrected chi connectivity index (χ1v) is 7.44. The maximum absolute atomic E-state index is 5.76. The van der Waals surface area contributed by atoms with Crippen LogP contribution in [0.15, 0.2) is 42.6 Å². The number of hydrogen-bond acceptors (Lipinski definition) is 2. The number of aromatic nitrogens is 1. The number of ether oxygens (including phenoxy) is 1. The van der Waals surface area contributed by atoms with E-state index in [1.54, 1.807) is 0 Å². The van der Waals surface area contributed by atoms with Gasteiger partial charge in [-0.3, -0.25) is 0 Å². The molecule has 1 aromatic heterocycles. The molecule has 0 fully saturated rings. The van der Waals surface area contributed by atoms with E-state index in [4.69, 9.17) is 4.74 Å². The highest BCUT2D eigenvalue weighted by atomic mass is 16.5. The lowest BCUT2D eigenvalue weighted by atomic mass is 10.3. The van der Waals surface area contributed by atoms with Gasteiger partial charge in [-0.1, -0.05) is 26.0 Å². The lowest BCUT2D eigenvalue weighted by molar-refractivity contribution is 0.319. The normalized spacial score (nSPS) is 10.5. The molecule has 0 amide bonds. The number of rotatable bonds is 8. The van der Waals surface area contributed by atoms with E-state index >= 15 is 0 Å². The van der Waals surface area contributed by atoms with Crippen molar-refractivity contribution in [2.24, 2.45) is 0 Å². The van der Waals surface area contributed by atoms with Gasteiger partial charge < -0.3 is 14.6 Å². The summed E-state index contributed by atoms with van der Waals surface area (Å²) in [5.74, 6) is 0.933. The number of nitrogens with zero attached hydrogens (tertiary/aromatic N) is 1. The number of benzene rings is 1. The second kappa shape index (κ2) is 7.63. The van der Waals surface area contributed by atoms with Gasteiger partial charge in [0, 0.05) is 18.4 Å². The molecule has 2 aromatic rings. The third-order valence-electron chi connectivity index (χ3n) is 3.20. The van der Waals surface area contributed by atoms with Gasteiger partial charge in [-0.25, -0.2) is 0 Å². The Bertz CT molecular complexity index is 519. The zero-order valence-corrected chi connectivity index (χ0v) is 12.4.